The van der Waals surface area contributed by atoms with Crippen LogP contribution < -0.4 is 5.32 Å². The Bertz CT molecular complexity index is 1170. The number of nitrogens with zero attached hydrogens (tertiary/aromatic N) is 1. The van der Waals surface area contributed by atoms with Gasteiger partial charge in [0.05, 0.1) is 15.7 Å². The third kappa shape index (κ3) is 4.75. The van der Waals surface area contributed by atoms with Crippen molar-refractivity contribution in [1.29, 1.82) is 0 Å². The van der Waals surface area contributed by atoms with Crippen LogP contribution in [0.4, 0.5) is 18.9 Å². The van der Waals surface area contributed by atoms with Gasteiger partial charge >= 0.3 is 0 Å². The zero-order valence-electron chi connectivity index (χ0n) is 14.5. The molecule has 0 saturated carbocycles. The van der Waals surface area contributed by atoms with Crippen molar-refractivity contribution < 1.29 is 26.4 Å². The largest absolute Gasteiger partial charge is 0.322 e. The van der Waals surface area contributed by atoms with E-state index in [9.17, 15) is 26.4 Å². The van der Waals surface area contributed by atoms with Crippen molar-refractivity contribution in [2.75, 3.05) is 5.32 Å². The number of carbonyl (C=O) groups is 1. The number of rotatable bonds is 5. The van der Waals surface area contributed by atoms with Crippen LogP contribution in [0.15, 0.2) is 59.8 Å². The second-order valence-corrected chi connectivity index (χ2v) is 8.34. The van der Waals surface area contributed by atoms with Crippen LogP contribution in [0.25, 0.3) is 0 Å². The van der Waals surface area contributed by atoms with Gasteiger partial charge in [0, 0.05) is 35.8 Å². The summed E-state index contributed by atoms with van der Waals surface area (Å²) in [6, 6.07) is 7.89. The molecule has 0 bridgehead atoms. The Labute approximate surface area is 169 Å². The number of carbonyl (C=O) groups excluding carboxylic acids is 1. The highest BCUT2D eigenvalue weighted by Gasteiger charge is 2.21. The fourth-order valence-electron chi connectivity index (χ4n) is 2.49. The normalized spacial score (nSPS) is 11.3. The number of pyridine rings is 1. The monoisotopic (exact) mass is 440 g/mol. The van der Waals surface area contributed by atoms with Crippen molar-refractivity contribution in [2.45, 2.75) is 10.6 Å². The number of hydrogen-bond donors (Lipinski definition) is 1. The van der Waals surface area contributed by atoms with Crippen LogP contribution in [0, 0.1) is 17.5 Å². The van der Waals surface area contributed by atoms with Crippen molar-refractivity contribution in [1.82, 2.24) is 4.98 Å². The first-order valence-electron chi connectivity index (χ1n) is 8.04. The second-order valence-electron chi connectivity index (χ2n) is 5.97. The van der Waals surface area contributed by atoms with E-state index in [0.29, 0.717) is 17.7 Å². The molecule has 1 amide bonds. The van der Waals surface area contributed by atoms with Crippen LogP contribution in [0.1, 0.15) is 15.9 Å². The third-order valence-corrected chi connectivity index (χ3v) is 6.01. The van der Waals surface area contributed by atoms with E-state index in [-0.39, 0.29) is 26.9 Å². The summed E-state index contributed by atoms with van der Waals surface area (Å²) in [5.74, 6) is -5.87. The molecule has 10 heteroatoms. The lowest BCUT2D eigenvalue weighted by atomic mass is 10.2. The van der Waals surface area contributed by atoms with E-state index in [1.807, 2.05) is 0 Å². The number of aromatic nitrogens is 1. The van der Waals surface area contributed by atoms with Crippen LogP contribution in [-0.2, 0) is 15.6 Å². The maximum Gasteiger partial charge on any atom is 0.255 e. The van der Waals surface area contributed by atoms with Gasteiger partial charge in [-0.15, -0.1) is 0 Å². The molecule has 0 spiro atoms. The minimum atomic E-state index is -3.91. The lowest BCUT2D eigenvalue weighted by Crippen LogP contribution is -2.14. The molecule has 29 heavy (non-hydrogen) atoms. The smallest absolute Gasteiger partial charge is 0.255 e. The molecular formula is C19H12ClF3N2O3S. The van der Waals surface area contributed by atoms with E-state index in [0.717, 1.165) is 6.07 Å². The molecule has 3 rings (SSSR count). The van der Waals surface area contributed by atoms with E-state index < -0.39 is 33.2 Å². The Morgan fingerprint density at radius 3 is 2.38 bits per heavy atom. The standard InChI is InChI=1S/C19H12ClF3N2O3S/c20-14-4-3-12(19(26)25-13-7-15(21)18(23)16(22)8-13)6-17(14)29(27,28)10-11-2-1-5-24-9-11/h1-9H,10H2,(H,25,26). The number of hydrogen-bond acceptors (Lipinski definition) is 4. The fourth-order valence-corrected chi connectivity index (χ4v) is 4.40. The Hall–Kier alpha value is -2.91. The van der Waals surface area contributed by atoms with Crippen molar-refractivity contribution in [3.8, 4) is 0 Å². The second kappa shape index (κ2) is 8.22. The predicted molar refractivity (Wildman–Crippen MR) is 101 cm³/mol. The molecule has 0 aliphatic heterocycles. The Morgan fingerprint density at radius 1 is 1.07 bits per heavy atom. The molecule has 0 atom stereocenters. The van der Waals surface area contributed by atoms with Gasteiger partial charge in [0.2, 0.25) is 0 Å². The van der Waals surface area contributed by atoms with Gasteiger partial charge in [0.25, 0.3) is 5.91 Å². The van der Waals surface area contributed by atoms with Gasteiger partial charge in [-0.3, -0.25) is 9.78 Å². The highest BCUT2D eigenvalue weighted by atomic mass is 35.5. The minimum absolute atomic E-state index is 0.0932. The summed E-state index contributed by atoms with van der Waals surface area (Å²) >= 11 is 6.00. The van der Waals surface area contributed by atoms with E-state index >= 15 is 0 Å². The summed E-state index contributed by atoms with van der Waals surface area (Å²) in [6.45, 7) is 0. The molecule has 1 heterocycles. The van der Waals surface area contributed by atoms with Gasteiger partial charge in [0.1, 0.15) is 0 Å². The van der Waals surface area contributed by atoms with Crippen molar-refractivity contribution in [3.63, 3.8) is 0 Å². The van der Waals surface area contributed by atoms with Crippen molar-refractivity contribution in [2.24, 2.45) is 0 Å². The van der Waals surface area contributed by atoms with Gasteiger partial charge in [-0.25, -0.2) is 21.6 Å². The Balaban J connectivity index is 1.89. The first-order valence-corrected chi connectivity index (χ1v) is 10.1. The van der Waals surface area contributed by atoms with E-state index in [4.69, 9.17) is 11.6 Å². The van der Waals surface area contributed by atoms with E-state index in [1.165, 1.54) is 24.5 Å². The average Bonchev–Trinajstić information content (AvgIpc) is 2.66. The number of benzene rings is 2. The summed E-state index contributed by atoms with van der Waals surface area (Å²) in [7, 11) is -3.91. The SMILES string of the molecule is O=C(Nc1cc(F)c(F)c(F)c1)c1ccc(Cl)c(S(=O)(=O)Cc2cccnc2)c1. The van der Waals surface area contributed by atoms with Crippen LogP contribution in [0.2, 0.25) is 5.02 Å². The number of halogens is 4. The molecule has 1 aromatic heterocycles. The molecule has 0 unspecified atom stereocenters. The van der Waals surface area contributed by atoms with Crippen LogP contribution in [0.5, 0.6) is 0 Å². The molecular weight excluding hydrogens is 429 g/mol. The highest BCUT2D eigenvalue weighted by molar-refractivity contribution is 7.90. The van der Waals surface area contributed by atoms with Crippen molar-refractivity contribution in [3.05, 3.63) is 88.5 Å². The fraction of sp³-hybridized carbons (Fsp3) is 0.0526. The van der Waals surface area contributed by atoms with Gasteiger partial charge < -0.3 is 5.32 Å². The maximum atomic E-state index is 13.3. The molecule has 1 N–H and O–H groups in total. The average molecular weight is 441 g/mol. The van der Waals surface area contributed by atoms with Gasteiger partial charge in [-0.05, 0) is 29.8 Å². The molecule has 3 aromatic rings. The highest BCUT2D eigenvalue weighted by Crippen LogP contribution is 2.26. The van der Waals surface area contributed by atoms with Gasteiger partial charge in [0.15, 0.2) is 27.3 Å². The van der Waals surface area contributed by atoms with Gasteiger partial charge in [-0.2, -0.15) is 0 Å². The first-order chi connectivity index (χ1) is 13.7. The van der Waals surface area contributed by atoms with Crippen LogP contribution >= 0.6 is 11.6 Å². The number of anilines is 1. The summed E-state index contributed by atoms with van der Waals surface area (Å²) in [6.07, 6.45) is 2.88. The molecule has 0 fully saturated rings. The summed E-state index contributed by atoms with van der Waals surface area (Å²) in [5, 5.41) is 2.09. The first kappa shape index (κ1) is 20.8. The Morgan fingerprint density at radius 2 is 1.76 bits per heavy atom. The summed E-state index contributed by atoms with van der Waals surface area (Å²) < 4.78 is 65.0. The lowest BCUT2D eigenvalue weighted by Gasteiger charge is -2.10. The zero-order valence-corrected chi connectivity index (χ0v) is 16.1. The van der Waals surface area contributed by atoms with Crippen LogP contribution in [-0.4, -0.2) is 19.3 Å². The van der Waals surface area contributed by atoms with E-state index in [1.54, 1.807) is 12.1 Å². The number of amides is 1. The molecule has 5 nitrogen and oxygen atoms in total. The van der Waals surface area contributed by atoms with Crippen LogP contribution in [0.3, 0.4) is 0 Å². The molecule has 0 aliphatic rings. The molecule has 2 aromatic carbocycles. The quantitative estimate of drug-likeness (QED) is 0.597. The lowest BCUT2D eigenvalue weighted by molar-refractivity contribution is 0.102. The summed E-state index contributed by atoms with van der Waals surface area (Å²) in [5.41, 5.74) is -0.0268. The maximum absolute atomic E-state index is 13.3. The van der Waals surface area contributed by atoms with Gasteiger partial charge in [-0.1, -0.05) is 17.7 Å². The van der Waals surface area contributed by atoms with E-state index in [2.05, 4.69) is 10.3 Å². The topological polar surface area (TPSA) is 76.1 Å². The molecule has 0 aliphatic carbocycles. The number of nitrogens with one attached hydrogen (secondary N) is 1. The zero-order chi connectivity index (χ0) is 21.2. The molecule has 0 saturated heterocycles. The minimum Gasteiger partial charge on any atom is -0.322 e. The molecule has 150 valence electrons. The predicted octanol–water partition coefficient (Wildman–Crippen LogP) is 4.38. The summed E-state index contributed by atoms with van der Waals surface area (Å²) in [4.78, 5) is 15.9. The Kier molecular flexibility index (Phi) is 5.90. The third-order valence-electron chi connectivity index (χ3n) is 3.85. The van der Waals surface area contributed by atoms with Crippen molar-refractivity contribution >= 4 is 33.0 Å². The molecule has 0 radical (unpaired) electrons. The number of sulfone groups is 1.